The third kappa shape index (κ3) is 2.79. The molecule has 2 aromatic rings. The van der Waals surface area contributed by atoms with Crippen LogP contribution in [0.5, 0.6) is 11.5 Å². The molecular weight excluding hydrogens is 372 g/mol. The number of rotatable bonds is 2. The molecule has 0 aliphatic rings. The van der Waals surface area contributed by atoms with Crippen molar-refractivity contribution in [2.75, 3.05) is 0 Å². The van der Waals surface area contributed by atoms with Crippen LogP contribution in [0.4, 0.5) is 0 Å². The Labute approximate surface area is 129 Å². The summed E-state index contributed by atoms with van der Waals surface area (Å²) in [5.74, 6) is 0.456. The van der Waals surface area contributed by atoms with E-state index >= 15 is 0 Å². The second-order valence-corrected chi connectivity index (χ2v) is 6.67. The van der Waals surface area contributed by atoms with Crippen LogP contribution in [0.15, 0.2) is 45.3 Å². The van der Waals surface area contributed by atoms with Gasteiger partial charge in [-0.3, -0.25) is 0 Å². The van der Waals surface area contributed by atoms with Gasteiger partial charge >= 0.3 is 0 Å². The van der Waals surface area contributed by atoms with Gasteiger partial charge in [0.1, 0.15) is 11.5 Å². The maximum absolute atomic E-state index is 9.57. The maximum atomic E-state index is 9.57. The normalized spacial score (nSPS) is 11.6. The van der Waals surface area contributed by atoms with Crippen LogP contribution >= 0.6 is 31.9 Å². The van der Waals surface area contributed by atoms with Gasteiger partial charge in [0.05, 0.1) is 8.95 Å². The zero-order valence-electron chi connectivity index (χ0n) is 10.6. The van der Waals surface area contributed by atoms with Crippen molar-refractivity contribution < 1.29 is 10.2 Å². The largest absolute Gasteiger partial charge is 0.507 e. The maximum Gasteiger partial charge on any atom is 0.129 e. The zero-order chi connectivity index (χ0) is 14.2. The molecule has 2 rings (SSSR count). The average Bonchev–Trinajstić information content (AvgIpc) is 2.35. The van der Waals surface area contributed by atoms with Crippen LogP contribution < -0.4 is 0 Å². The monoisotopic (exact) mass is 384 g/mol. The fraction of sp³-hybridized carbons (Fsp3) is 0.200. The molecule has 4 heteroatoms. The van der Waals surface area contributed by atoms with Gasteiger partial charge in [-0.1, -0.05) is 26.0 Å². The number of aromatic hydroxyl groups is 2. The number of benzene rings is 2. The quantitative estimate of drug-likeness (QED) is 0.767. The molecule has 0 unspecified atom stereocenters. The van der Waals surface area contributed by atoms with Gasteiger partial charge in [0.2, 0.25) is 0 Å². The van der Waals surface area contributed by atoms with Crippen LogP contribution in [-0.4, -0.2) is 10.2 Å². The van der Waals surface area contributed by atoms with E-state index in [9.17, 15) is 10.2 Å². The first-order chi connectivity index (χ1) is 8.82. The van der Waals surface area contributed by atoms with Gasteiger partial charge in [0.15, 0.2) is 0 Å². The van der Waals surface area contributed by atoms with Crippen LogP contribution in [0.1, 0.15) is 25.0 Å². The lowest BCUT2D eigenvalue weighted by Crippen LogP contribution is -2.18. The molecule has 0 spiro atoms. The van der Waals surface area contributed by atoms with Gasteiger partial charge in [-0.15, -0.1) is 0 Å². The molecule has 0 amide bonds. The summed E-state index contributed by atoms with van der Waals surface area (Å²) >= 11 is 6.68. The lowest BCUT2D eigenvalue weighted by molar-refractivity contribution is 0.470. The summed E-state index contributed by atoms with van der Waals surface area (Å²) < 4.78 is 1.35. The molecule has 2 aromatic carbocycles. The average molecular weight is 386 g/mol. The highest BCUT2D eigenvalue weighted by Gasteiger charge is 2.24. The molecule has 0 aliphatic heterocycles. The number of hydrogen-bond donors (Lipinski definition) is 2. The van der Waals surface area contributed by atoms with Crippen molar-refractivity contribution in [2.24, 2.45) is 0 Å². The predicted octanol–water partition coefficient (Wildman–Crippen LogP) is 4.95. The second-order valence-electron chi connectivity index (χ2n) is 4.96. The first-order valence-electron chi connectivity index (χ1n) is 5.80. The first-order valence-corrected chi connectivity index (χ1v) is 7.39. The first kappa shape index (κ1) is 14.4. The Morgan fingerprint density at radius 2 is 1.16 bits per heavy atom. The molecular formula is C15H14Br2O2. The summed E-state index contributed by atoms with van der Waals surface area (Å²) in [6.07, 6.45) is 0. The molecule has 0 heterocycles. The van der Waals surface area contributed by atoms with Crippen molar-refractivity contribution in [2.45, 2.75) is 19.3 Å². The van der Waals surface area contributed by atoms with Gasteiger partial charge in [0, 0.05) is 5.41 Å². The zero-order valence-corrected chi connectivity index (χ0v) is 13.8. The van der Waals surface area contributed by atoms with Gasteiger partial charge < -0.3 is 10.2 Å². The summed E-state index contributed by atoms with van der Waals surface area (Å²) in [5, 5.41) is 19.1. The molecule has 0 fully saturated rings. The highest BCUT2D eigenvalue weighted by atomic mass is 79.9. The lowest BCUT2D eigenvalue weighted by Gasteiger charge is -2.27. The minimum absolute atomic E-state index is 0.228. The second kappa shape index (κ2) is 5.17. The lowest BCUT2D eigenvalue weighted by atomic mass is 9.78. The molecule has 0 atom stereocenters. The Hall–Kier alpha value is -1.00. The fourth-order valence-electron chi connectivity index (χ4n) is 1.96. The number of hydrogen-bond acceptors (Lipinski definition) is 2. The molecule has 100 valence electrons. The molecule has 0 aromatic heterocycles. The van der Waals surface area contributed by atoms with Gasteiger partial charge in [-0.25, -0.2) is 0 Å². The number of phenolic OH excluding ortho intramolecular Hbond substituents is 2. The van der Waals surface area contributed by atoms with Crippen molar-refractivity contribution >= 4 is 31.9 Å². The van der Waals surface area contributed by atoms with E-state index in [4.69, 9.17) is 0 Å². The number of halogens is 2. The molecule has 0 bridgehead atoms. The van der Waals surface area contributed by atoms with Gasteiger partial charge in [-0.2, -0.15) is 0 Å². The molecule has 2 nitrogen and oxygen atoms in total. The van der Waals surface area contributed by atoms with E-state index in [1.54, 1.807) is 12.1 Å². The van der Waals surface area contributed by atoms with Crippen molar-refractivity contribution in [3.05, 3.63) is 56.5 Å². The minimum atomic E-state index is -0.230. The highest BCUT2D eigenvalue weighted by molar-refractivity contribution is 9.10. The van der Waals surface area contributed by atoms with Gasteiger partial charge in [0.25, 0.3) is 0 Å². The van der Waals surface area contributed by atoms with E-state index < -0.39 is 0 Å². The van der Waals surface area contributed by atoms with E-state index in [0.717, 1.165) is 11.1 Å². The Balaban J connectivity index is 2.51. The minimum Gasteiger partial charge on any atom is -0.507 e. The third-order valence-electron chi connectivity index (χ3n) is 3.34. The molecule has 19 heavy (non-hydrogen) atoms. The van der Waals surface area contributed by atoms with Crippen LogP contribution in [0.2, 0.25) is 0 Å². The summed E-state index contributed by atoms with van der Waals surface area (Å²) in [7, 11) is 0. The van der Waals surface area contributed by atoms with Crippen molar-refractivity contribution in [3.8, 4) is 11.5 Å². The van der Waals surface area contributed by atoms with Gasteiger partial charge in [-0.05, 0) is 67.3 Å². The van der Waals surface area contributed by atoms with Crippen molar-refractivity contribution in [3.63, 3.8) is 0 Å². The summed E-state index contributed by atoms with van der Waals surface area (Å²) in [5.41, 5.74) is 1.93. The molecule has 0 aliphatic carbocycles. The SMILES string of the molecule is CC(C)(c1ccc(O)c(Br)c1)c1ccc(O)c(Br)c1. The van der Waals surface area contributed by atoms with Crippen molar-refractivity contribution in [1.82, 2.24) is 0 Å². The third-order valence-corrected chi connectivity index (χ3v) is 4.61. The van der Waals surface area contributed by atoms with E-state index in [2.05, 4.69) is 45.7 Å². The van der Waals surface area contributed by atoms with E-state index in [1.807, 2.05) is 24.3 Å². The van der Waals surface area contributed by atoms with Crippen LogP contribution in [0, 0.1) is 0 Å². The topological polar surface area (TPSA) is 40.5 Å². The van der Waals surface area contributed by atoms with E-state index in [-0.39, 0.29) is 16.9 Å². The number of phenols is 2. The fourth-order valence-corrected chi connectivity index (χ4v) is 2.72. The van der Waals surface area contributed by atoms with Crippen LogP contribution in [0.25, 0.3) is 0 Å². The smallest absolute Gasteiger partial charge is 0.129 e. The Bertz CT molecular complexity index is 568. The standard InChI is InChI=1S/C15H14Br2O2/c1-15(2,9-3-5-13(18)11(16)7-9)10-4-6-14(19)12(17)8-10/h3-8,18-19H,1-2H3. The molecule has 2 N–H and O–H groups in total. The van der Waals surface area contributed by atoms with E-state index in [1.165, 1.54) is 0 Å². The summed E-state index contributed by atoms with van der Waals surface area (Å²) in [6, 6.07) is 11.0. The summed E-state index contributed by atoms with van der Waals surface area (Å²) in [6.45, 7) is 4.20. The highest BCUT2D eigenvalue weighted by Crippen LogP contribution is 2.37. The molecule has 0 saturated heterocycles. The van der Waals surface area contributed by atoms with Crippen molar-refractivity contribution in [1.29, 1.82) is 0 Å². The summed E-state index contributed by atoms with van der Waals surface area (Å²) in [4.78, 5) is 0. The van der Waals surface area contributed by atoms with Crippen LogP contribution in [0.3, 0.4) is 0 Å². The molecule has 0 saturated carbocycles. The van der Waals surface area contributed by atoms with E-state index in [0.29, 0.717) is 8.95 Å². The predicted molar refractivity (Wildman–Crippen MR) is 83.7 cm³/mol. The Morgan fingerprint density at radius 1 is 0.789 bits per heavy atom. The Kier molecular flexibility index (Phi) is 3.92. The Morgan fingerprint density at radius 3 is 1.47 bits per heavy atom. The van der Waals surface area contributed by atoms with Crippen LogP contribution in [-0.2, 0) is 5.41 Å². The molecule has 0 radical (unpaired) electrons.